The molecule has 4 nitrogen and oxygen atoms in total. The normalized spacial score (nSPS) is 19.7. The lowest BCUT2D eigenvalue weighted by molar-refractivity contribution is 0.110. The summed E-state index contributed by atoms with van der Waals surface area (Å²) in [4.78, 5) is 4.25. The molecule has 96 valence electrons. The van der Waals surface area contributed by atoms with Gasteiger partial charge in [-0.15, -0.1) is 0 Å². The summed E-state index contributed by atoms with van der Waals surface area (Å²) in [5, 5.41) is 4.08. The number of hydrogen-bond donors (Lipinski definition) is 2. The van der Waals surface area contributed by atoms with Crippen LogP contribution in [-0.2, 0) is 11.3 Å². The Labute approximate surface area is 110 Å². The lowest BCUT2D eigenvalue weighted by atomic mass is 10.2. The van der Waals surface area contributed by atoms with Crippen molar-refractivity contribution >= 4 is 26.7 Å². The largest absolute Gasteiger partial charge is 0.377 e. The zero-order valence-corrected chi connectivity index (χ0v) is 11.0. The maximum Gasteiger partial charge on any atom is 0.181 e. The number of rotatable bonds is 4. The summed E-state index contributed by atoms with van der Waals surface area (Å²) in [6, 6.07) is 6.29. The Morgan fingerprint density at radius 1 is 1.50 bits per heavy atom. The van der Waals surface area contributed by atoms with Crippen molar-refractivity contribution in [2.75, 3.05) is 18.9 Å². The van der Waals surface area contributed by atoms with E-state index in [9.17, 15) is 0 Å². The monoisotopic (exact) mass is 263 g/mol. The Kier molecular flexibility index (Phi) is 3.45. The molecular formula is C13H17N3OS. The lowest BCUT2D eigenvalue weighted by Gasteiger charge is -2.10. The average Bonchev–Trinajstić information content (AvgIpc) is 2.96. The first-order valence-electron chi connectivity index (χ1n) is 6.28. The molecule has 0 saturated carbocycles. The van der Waals surface area contributed by atoms with Crippen molar-refractivity contribution in [2.45, 2.75) is 25.5 Å². The highest BCUT2D eigenvalue weighted by Crippen LogP contribution is 2.24. The molecule has 1 aliphatic heterocycles. The van der Waals surface area contributed by atoms with Crippen molar-refractivity contribution < 1.29 is 4.74 Å². The molecule has 5 heteroatoms. The van der Waals surface area contributed by atoms with Gasteiger partial charge < -0.3 is 15.8 Å². The summed E-state index contributed by atoms with van der Waals surface area (Å²) in [7, 11) is 0. The van der Waals surface area contributed by atoms with Crippen LogP contribution in [0.1, 0.15) is 18.4 Å². The number of thiazole rings is 1. The fraction of sp³-hybridized carbons (Fsp3) is 0.462. The number of anilines is 1. The third kappa shape index (κ3) is 2.63. The van der Waals surface area contributed by atoms with E-state index in [4.69, 9.17) is 10.5 Å². The quantitative estimate of drug-likeness (QED) is 0.887. The predicted molar refractivity (Wildman–Crippen MR) is 74.7 cm³/mol. The van der Waals surface area contributed by atoms with Gasteiger partial charge in [0, 0.05) is 19.7 Å². The van der Waals surface area contributed by atoms with Crippen molar-refractivity contribution in [1.82, 2.24) is 10.3 Å². The van der Waals surface area contributed by atoms with Crippen LogP contribution in [0.15, 0.2) is 18.2 Å². The van der Waals surface area contributed by atoms with Crippen LogP contribution in [0.4, 0.5) is 5.13 Å². The molecule has 1 saturated heterocycles. The first-order chi connectivity index (χ1) is 8.81. The van der Waals surface area contributed by atoms with E-state index in [1.54, 1.807) is 0 Å². The number of fused-ring (bicyclic) bond motifs is 1. The molecule has 0 aliphatic carbocycles. The van der Waals surface area contributed by atoms with E-state index in [1.807, 2.05) is 6.07 Å². The summed E-state index contributed by atoms with van der Waals surface area (Å²) >= 11 is 1.54. The van der Waals surface area contributed by atoms with E-state index >= 15 is 0 Å². The van der Waals surface area contributed by atoms with Gasteiger partial charge >= 0.3 is 0 Å². The van der Waals surface area contributed by atoms with Gasteiger partial charge in [-0.3, -0.25) is 0 Å². The fourth-order valence-electron chi connectivity index (χ4n) is 2.28. The smallest absolute Gasteiger partial charge is 0.181 e. The molecular weight excluding hydrogens is 246 g/mol. The fourth-order valence-corrected chi connectivity index (χ4v) is 3.08. The van der Waals surface area contributed by atoms with Gasteiger partial charge in [-0.2, -0.15) is 0 Å². The van der Waals surface area contributed by atoms with Gasteiger partial charge in [-0.25, -0.2) is 4.98 Å². The number of nitrogens with two attached hydrogens (primary N) is 1. The molecule has 0 radical (unpaired) electrons. The highest BCUT2D eigenvalue weighted by atomic mass is 32.1. The number of nitrogens with zero attached hydrogens (tertiary/aromatic N) is 1. The van der Waals surface area contributed by atoms with E-state index in [-0.39, 0.29) is 0 Å². The lowest BCUT2D eigenvalue weighted by Crippen LogP contribution is -2.25. The molecule has 3 N–H and O–H groups in total. The summed E-state index contributed by atoms with van der Waals surface area (Å²) in [5.41, 5.74) is 7.95. The Balaban J connectivity index is 1.59. The molecule has 1 aromatic heterocycles. The first-order valence-corrected chi connectivity index (χ1v) is 7.10. The van der Waals surface area contributed by atoms with Gasteiger partial charge in [0.05, 0.1) is 16.3 Å². The van der Waals surface area contributed by atoms with Crippen LogP contribution in [0.2, 0.25) is 0 Å². The second-order valence-electron chi connectivity index (χ2n) is 4.62. The van der Waals surface area contributed by atoms with Gasteiger partial charge in [0.25, 0.3) is 0 Å². The van der Waals surface area contributed by atoms with E-state index in [0.717, 1.165) is 29.9 Å². The minimum atomic E-state index is 0.396. The van der Waals surface area contributed by atoms with Crippen LogP contribution in [0.5, 0.6) is 0 Å². The van der Waals surface area contributed by atoms with Crippen LogP contribution >= 0.6 is 11.3 Å². The second-order valence-corrected chi connectivity index (χ2v) is 5.68. The zero-order valence-electron chi connectivity index (χ0n) is 10.2. The minimum Gasteiger partial charge on any atom is -0.377 e. The summed E-state index contributed by atoms with van der Waals surface area (Å²) in [6.07, 6.45) is 2.77. The van der Waals surface area contributed by atoms with Crippen molar-refractivity contribution in [3.8, 4) is 0 Å². The number of aromatic nitrogens is 1. The maximum absolute atomic E-state index is 5.70. The molecule has 0 amide bonds. The van der Waals surface area contributed by atoms with Gasteiger partial charge in [0.1, 0.15) is 0 Å². The molecule has 1 unspecified atom stereocenters. The Morgan fingerprint density at radius 3 is 3.28 bits per heavy atom. The summed E-state index contributed by atoms with van der Waals surface area (Å²) < 4.78 is 6.73. The van der Waals surface area contributed by atoms with Gasteiger partial charge in [-0.1, -0.05) is 17.4 Å². The third-order valence-corrected chi connectivity index (χ3v) is 4.04. The highest BCUT2D eigenvalue weighted by Gasteiger charge is 2.14. The molecule has 1 atom stereocenters. The molecule has 1 fully saturated rings. The van der Waals surface area contributed by atoms with Crippen LogP contribution < -0.4 is 11.1 Å². The minimum absolute atomic E-state index is 0.396. The van der Waals surface area contributed by atoms with Gasteiger partial charge in [0.15, 0.2) is 5.13 Å². The van der Waals surface area contributed by atoms with E-state index < -0.39 is 0 Å². The molecule has 2 heterocycles. The van der Waals surface area contributed by atoms with Crippen LogP contribution in [-0.4, -0.2) is 24.2 Å². The van der Waals surface area contributed by atoms with Crippen molar-refractivity contribution in [1.29, 1.82) is 0 Å². The number of benzene rings is 1. The molecule has 3 rings (SSSR count). The average molecular weight is 263 g/mol. The second kappa shape index (κ2) is 5.22. The predicted octanol–water partition coefficient (Wildman–Crippen LogP) is 2.15. The topological polar surface area (TPSA) is 60.2 Å². The Bertz CT molecular complexity index is 534. The highest BCUT2D eigenvalue weighted by molar-refractivity contribution is 7.22. The third-order valence-electron chi connectivity index (χ3n) is 3.19. The van der Waals surface area contributed by atoms with Crippen molar-refractivity contribution in [3.05, 3.63) is 23.8 Å². The van der Waals surface area contributed by atoms with E-state index in [0.29, 0.717) is 11.2 Å². The SMILES string of the molecule is Nc1nc2ccc(CNCC3CCCO3)cc2s1. The number of nitrogen functional groups attached to an aromatic ring is 1. The number of ether oxygens (including phenoxy) is 1. The van der Waals surface area contributed by atoms with Crippen molar-refractivity contribution in [3.63, 3.8) is 0 Å². The van der Waals surface area contributed by atoms with E-state index in [2.05, 4.69) is 22.4 Å². The van der Waals surface area contributed by atoms with Crippen LogP contribution in [0.3, 0.4) is 0 Å². The molecule has 18 heavy (non-hydrogen) atoms. The van der Waals surface area contributed by atoms with Gasteiger partial charge in [0.2, 0.25) is 0 Å². The Morgan fingerprint density at radius 2 is 2.44 bits per heavy atom. The zero-order chi connectivity index (χ0) is 12.4. The van der Waals surface area contributed by atoms with Gasteiger partial charge in [-0.05, 0) is 30.5 Å². The molecule has 0 bridgehead atoms. The van der Waals surface area contributed by atoms with Crippen LogP contribution in [0.25, 0.3) is 10.2 Å². The standard InChI is InChI=1S/C13H17N3OS/c14-13-16-11-4-3-9(6-12(11)18-13)7-15-8-10-2-1-5-17-10/h3-4,6,10,15H,1-2,5,7-8H2,(H2,14,16). The van der Waals surface area contributed by atoms with E-state index in [1.165, 1.54) is 29.7 Å². The number of nitrogens with one attached hydrogen (secondary N) is 1. The first kappa shape index (κ1) is 11.9. The summed E-state index contributed by atoms with van der Waals surface area (Å²) in [5.74, 6) is 0. The Hall–Kier alpha value is -1.17. The molecule has 1 aromatic carbocycles. The maximum atomic E-state index is 5.70. The molecule has 0 spiro atoms. The molecule has 2 aromatic rings. The number of hydrogen-bond acceptors (Lipinski definition) is 5. The van der Waals surface area contributed by atoms with Crippen LogP contribution in [0, 0.1) is 0 Å². The van der Waals surface area contributed by atoms with Crippen molar-refractivity contribution in [2.24, 2.45) is 0 Å². The summed E-state index contributed by atoms with van der Waals surface area (Å²) in [6.45, 7) is 2.72. The molecule has 1 aliphatic rings.